The third-order valence-corrected chi connectivity index (χ3v) is 5.47. The monoisotopic (exact) mass is 435 g/mol. The highest BCUT2D eigenvalue weighted by Crippen LogP contribution is 2.35. The van der Waals surface area contributed by atoms with Gasteiger partial charge in [0.1, 0.15) is 5.56 Å². The number of amides is 2. The number of carbonyl (C=O) groups is 2. The molecule has 1 aliphatic rings. The van der Waals surface area contributed by atoms with Gasteiger partial charge in [-0.2, -0.15) is 0 Å². The average Bonchev–Trinajstić information content (AvgIpc) is 3.26. The molecule has 4 rings (SSSR count). The predicted molar refractivity (Wildman–Crippen MR) is 120 cm³/mol. The molecular weight excluding hydrogens is 410 g/mol. The minimum Gasteiger partial charge on any atom is -0.454 e. The number of nitrogens with one attached hydrogen (secondary N) is 2. The molecule has 0 saturated heterocycles. The molecule has 8 nitrogen and oxygen atoms in total. The van der Waals surface area contributed by atoms with Gasteiger partial charge in [0.25, 0.3) is 5.91 Å². The highest BCUT2D eigenvalue weighted by molar-refractivity contribution is 5.98. The Morgan fingerprint density at radius 1 is 1.12 bits per heavy atom. The van der Waals surface area contributed by atoms with Crippen molar-refractivity contribution >= 4 is 22.7 Å². The zero-order valence-electron chi connectivity index (χ0n) is 18.0. The molecule has 1 aromatic heterocycles. The Morgan fingerprint density at radius 2 is 1.84 bits per heavy atom. The van der Waals surface area contributed by atoms with Crippen molar-refractivity contribution in [3.8, 4) is 11.5 Å². The van der Waals surface area contributed by atoms with Gasteiger partial charge in [-0.25, -0.2) is 0 Å². The van der Waals surface area contributed by atoms with E-state index in [1.165, 1.54) is 0 Å². The van der Waals surface area contributed by atoms with E-state index < -0.39 is 5.91 Å². The van der Waals surface area contributed by atoms with E-state index in [-0.39, 0.29) is 42.7 Å². The molecule has 2 aromatic carbocycles. The van der Waals surface area contributed by atoms with E-state index >= 15 is 0 Å². The Kier molecular flexibility index (Phi) is 6.11. The standard InChI is InChI=1S/C24H25N3O5/c1-3-27-13-18(23(29)17-11-20-21(12-19(17)27)32-14-31-20)24(30)25-10-9-22(28)26-15(2)16-7-5-4-6-8-16/h4-8,11-13,15H,3,9-10,14H2,1-2H3,(H,25,30)(H,26,28)/t15-/m0/s1. The number of aromatic nitrogens is 1. The summed E-state index contributed by atoms with van der Waals surface area (Å²) in [6.07, 6.45) is 1.65. The maximum absolute atomic E-state index is 13.0. The van der Waals surface area contributed by atoms with Crippen LogP contribution < -0.4 is 25.5 Å². The van der Waals surface area contributed by atoms with Gasteiger partial charge < -0.3 is 24.7 Å². The lowest BCUT2D eigenvalue weighted by Gasteiger charge is -2.15. The quantitative estimate of drug-likeness (QED) is 0.595. The van der Waals surface area contributed by atoms with Crippen LogP contribution in [0.4, 0.5) is 0 Å². The van der Waals surface area contributed by atoms with Crippen molar-refractivity contribution < 1.29 is 19.1 Å². The first kappa shape index (κ1) is 21.4. The van der Waals surface area contributed by atoms with Gasteiger partial charge in [-0.3, -0.25) is 14.4 Å². The van der Waals surface area contributed by atoms with Crippen LogP contribution in [0.3, 0.4) is 0 Å². The van der Waals surface area contributed by atoms with Crippen molar-refractivity contribution in [1.82, 2.24) is 15.2 Å². The number of nitrogens with zero attached hydrogens (tertiary/aromatic N) is 1. The third kappa shape index (κ3) is 4.30. The molecular formula is C24H25N3O5. The van der Waals surface area contributed by atoms with Gasteiger partial charge in [0.05, 0.1) is 16.9 Å². The number of aryl methyl sites for hydroxylation is 1. The molecule has 0 aliphatic carbocycles. The molecule has 166 valence electrons. The first-order chi connectivity index (χ1) is 15.5. The van der Waals surface area contributed by atoms with Crippen LogP contribution in [-0.4, -0.2) is 29.7 Å². The van der Waals surface area contributed by atoms with E-state index in [9.17, 15) is 14.4 Å². The molecule has 0 radical (unpaired) electrons. The smallest absolute Gasteiger partial charge is 0.256 e. The molecule has 0 bridgehead atoms. The Labute approximate surface area is 185 Å². The van der Waals surface area contributed by atoms with Crippen LogP contribution in [-0.2, 0) is 11.3 Å². The number of hydrogen-bond acceptors (Lipinski definition) is 5. The normalized spacial score (nSPS) is 13.1. The highest BCUT2D eigenvalue weighted by atomic mass is 16.7. The van der Waals surface area contributed by atoms with E-state index in [1.54, 1.807) is 18.3 Å². The van der Waals surface area contributed by atoms with Crippen molar-refractivity contribution in [1.29, 1.82) is 0 Å². The molecule has 32 heavy (non-hydrogen) atoms. The van der Waals surface area contributed by atoms with Crippen LogP contribution in [0.1, 0.15) is 42.2 Å². The van der Waals surface area contributed by atoms with Gasteiger partial charge >= 0.3 is 0 Å². The summed E-state index contributed by atoms with van der Waals surface area (Å²) in [7, 11) is 0. The summed E-state index contributed by atoms with van der Waals surface area (Å²) < 4.78 is 12.6. The molecule has 0 fully saturated rings. The van der Waals surface area contributed by atoms with Gasteiger partial charge in [0, 0.05) is 31.8 Å². The van der Waals surface area contributed by atoms with E-state index in [0.29, 0.717) is 28.9 Å². The summed E-state index contributed by atoms with van der Waals surface area (Å²) in [5, 5.41) is 5.98. The van der Waals surface area contributed by atoms with Crippen molar-refractivity contribution in [3.63, 3.8) is 0 Å². The summed E-state index contributed by atoms with van der Waals surface area (Å²) in [6.45, 7) is 4.62. The number of fused-ring (bicyclic) bond motifs is 2. The first-order valence-corrected chi connectivity index (χ1v) is 10.6. The average molecular weight is 435 g/mol. The lowest BCUT2D eigenvalue weighted by atomic mass is 10.1. The fraction of sp³-hybridized carbons (Fsp3) is 0.292. The fourth-order valence-corrected chi connectivity index (χ4v) is 3.73. The Balaban J connectivity index is 1.44. The maximum Gasteiger partial charge on any atom is 0.256 e. The molecule has 8 heteroatoms. The number of ether oxygens (including phenoxy) is 2. The summed E-state index contributed by atoms with van der Waals surface area (Å²) in [4.78, 5) is 38.0. The first-order valence-electron chi connectivity index (χ1n) is 10.6. The van der Waals surface area contributed by atoms with Crippen LogP contribution in [0.15, 0.2) is 53.5 Å². The summed E-state index contributed by atoms with van der Waals surface area (Å²) in [5.41, 5.74) is 1.31. The molecule has 0 spiro atoms. The lowest BCUT2D eigenvalue weighted by molar-refractivity contribution is -0.121. The van der Waals surface area contributed by atoms with E-state index in [0.717, 1.165) is 5.56 Å². The molecule has 0 saturated carbocycles. The molecule has 2 heterocycles. The minimum atomic E-state index is -0.513. The van der Waals surface area contributed by atoms with Crippen molar-refractivity contribution in [2.45, 2.75) is 32.9 Å². The Bertz CT molecular complexity index is 1220. The van der Waals surface area contributed by atoms with Gasteiger partial charge in [-0.05, 0) is 25.5 Å². The molecule has 0 unspecified atom stereocenters. The molecule has 3 aromatic rings. The van der Waals surface area contributed by atoms with E-state index in [2.05, 4.69) is 10.6 Å². The SMILES string of the molecule is CCn1cc(C(=O)NCCC(=O)N[C@@H](C)c2ccccc2)c(=O)c2cc3c(cc21)OCO3. The van der Waals surface area contributed by atoms with E-state index in [4.69, 9.17) is 9.47 Å². The predicted octanol–water partition coefficient (Wildman–Crippen LogP) is 2.75. The van der Waals surface area contributed by atoms with Gasteiger partial charge in [-0.1, -0.05) is 30.3 Å². The lowest BCUT2D eigenvalue weighted by Crippen LogP contribution is -2.34. The van der Waals surface area contributed by atoms with Crippen LogP contribution in [0.2, 0.25) is 0 Å². The Morgan fingerprint density at radius 3 is 2.56 bits per heavy atom. The van der Waals surface area contributed by atoms with Crippen LogP contribution in [0.5, 0.6) is 11.5 Å². The second kappa shape index (κ2) is 9.13. The zero-order chi connectivity index (χ0) is 22.7. The molecule has 1 aliphatic heterocycles. The second-order valence-electron chi connectivity index (χ2n) is 7.59. The van der Waals surface area contributed by atoms with Crippen LogP contribution in [0, 0.1) is 0 Å². The number of rotatable bonds is 7. The van der Waals surface area contributed by atoms with Gasteiger partial charge in [-0.15, -0.1) is 0 Å². The summed E-state index contributed by atoms with van der Waals surface area (Å²) in [5.74, 6) is 0.366. The summed E-state index contributed by atoms with van der Waals surface area (Å²) in [6, 6.07) is 12.9. The number of carbonyl (C=O) groups excluding carboxylic acids is 2. The van der Waals surface area contributed by atoms with Crippen LogP contribution >= 0.6 is 0 Å². The number of hydrogen-bond donors (Lipinski definition) is 2. The van der Waals surface area contributed by atoms with Crippen molar-refractivity contribution in [2.24, 2.45) is 0 Å². The Hall–Kier alpha value is -3.81. The fourth-order valence-electron chi connectivity index (χ4n) is 3.73. The minimum absolute atomic E-state index is 0.0243. The second-order valence-corrected chi connectivity index (χ2v) is 7.59. The number of benzene rings is 2. The van der Waals surface area contributed by atoms with E-state index in [1.807, 2.05) is 48.7 Å². The molecule has 1 atom stereocenters. The highest BCUT2D eigenvalue weighted by Gasteiger charge is 2.20. The number of pyridine rings is 1. The summed E-state index contributed by atoms with van der Waals surface area (Å²) >= 11 is 0. The van der Waals surface area contributed by atoms with Crippen molar-refractivity contribution in [3.05, 3.63) is 70.0 Å². The van der Waals surface area contributed by atoms with Gasteiger partial charge in [0.15, 0.2) is 11.5 Å². The van der Waals surface area contributed by atoms with Gasteiger partial charge in [0.2, 0.25) is 18.1 Å². The molecule has 2 N–H and O–H groups in total. The molecule has 2 amide bonds. The topological polar surface area (TPSA) is 98.7 Å². The van der Waals surface area contributed by atoms with Crippen molar-refractivity contribution in [2.75, 3.05) is 13.3 Å². The van der Waals surface area contributed by atoms with Crippen LogP contribution in [0.25, 0.3) is 10.9 Å². The largest absolute Gasteiger partial charge is 0.454 e. The third-order valence-electron chi connectivity index (χ3n) is 5.47. The maximum atomic E-state index is 13.0. The zero-order valence-corrected chi connectivity index (χ0v) is 18.0.